The number of methoxy groups -OCH3 is 1. The minimum atomic E-state index is -0.969. The molecule has 0 aromatic heterocycles. The minimum Gasteiger partial charge on any atom is -0.428 e. The third-order valence-electron chi connectivity index (χ3n) is 0.720. The lowest BCUT2D eigenvalue weighted by atomic mass is 10.4. The van der Waals surface area contributed by atoms with Crippen LogP contribution in [0.15, 0.2) is 0 Å². The summed E-state index contributed by atoms with van der Waals surface area (Å²) in [5, 5.41) is 8.24. The van der Waals surface area contributed by atoms with Gasteiger partial charge in [0, 0.05) is 7.11 Å². The summed E-state index contributed by atoms with van der Waals surface area (Å²) in [5.74, 6) is 0. The Morgan fingerprint density at radius 1 is 1.90 bits per heavy atom. The van der Waals surface area contributed by atoms with Crippen LogP contribution >= 0.6 is 0 Å². The summed E-state index contributed by atoms with van der Waals surface area (Å²) in [4.78, 5) is 10.0. The van der Waals surface area contributed by atoms with Gasteiger partial charge in [0.25, 0.3) is 0 Å². The van der Waals surface area contributed by atoms with Gasteiger partial charge in [-0.2, -0.15) is 5.26 Å². The van der Waals surface area contributed by atoms with E-state index in [-0.39, 0.29) is 6.61 Å². The molecular formula is C5H8N2O3. The van der Waals surface area contributed by atoms with Gasteiger partial charge in [-0.1, -0.05) is 0 Å². The van der Waals surface area contributed by atoms with Crippen molar-refractivity contribution >= 4 is 6.09 Å². The highest BCUT2D eigenvalue weighted by Crippen LogP contribution is 1.89. The van der Waals surface area contributed by atoms with Crippen LogP contribution in [0.5, 0.6) is 0 Å². The van der Waals surface area contributed by atoms with Gasteiger partial charge in [0.1, 0.15) is 6.07 Å². The molecule has 0 rings (SSSR count). The van der Waals surface area contributed by atoms with Crippen LogP contribution in [0, 0.1) is 11.3 Å². The standard InChI is InChI=1S/C5H8N2O3/c1-9-3-4(2-6)10-5(7)8/h4H,3H2,1H3,(H2,7,8). The van der Waals surface area contributed by atoms with Crippen molar-refractivity contribution in [3.63, 3.8) is 0 Å². The number of nitrogens with zero attached hydrogens (tertiary/aromatic N) is 1. The van der Waals surface area contributed by atoms with Crippen LogP contribution in [0.3, 0.4) is 0 Å². The third-order valence-corrected chi connectivity index (χ3v) is 0.720. The van der Waals surface area contributed by atoms with Crippen molar-refractivity contribution in [2.75, 3.05) is 13.7 Å². The zero-order valence-corrected chi connectivity index (χ0v) is 5.53. The summed E-state index contributed by atoms with van der Waals surface area (Å²) in [6.45, 7) is 0.0411. The number of amides is 1. The number of carbonyl (C=O) groups is 1. The zero-order chi connectivity index (χ0) is 7.98. The molecular weight excluding hydrogens is 136 g/mol. The topological polar surface area (TPSA) is 85.3 Å². The quantitative estimate of drug-likeness (QED) is 0.585. The molecule has 56 valence electrons. The van der Waals surface area contributed by atoms with E-state index in [2.05, 4.69) is 15.2 Å². The van der Waals surface area contributed by atoms with E-state index < -0.39 is 12.2 Å². The highest BCUT2D eigenvalue weighted by molar-refractivity contribution is 5.65. The van der Waals surface area contributed by atoms with Gasteiger partial charge in [0.2, 0.25) is 6.10 Å². The van der Waals surface area contributed by atoms with Crippen LogP contribution in [0.1, 0.15) is 0 Å². The molecule has 5 heteroatoms. The monoisotopic (exact) mass is 144 g/mol. The normalized spacial score (nSPS) is 11.6. The number of carbonyl (C=O) groups excluding carboxylic acids is 1. The number of nitrogens with two attached hydrogens (primary N) is 1. The van der Waals surface area contributed by atoms with E-state index in [1.807, 2.05) is 0 Å². The minimum absolute atomic E-state index is 0.0411. The molecule has 1 unspecified atom stereocenters. The van der Waals surface area contributed by atoms with Crippen LogP contribution in [0.2, 0.25) is 0 Å². The summed E-state index contributed by atoms with van der Waals surface area (Å²) < 4.78 is 8.83. The molecule has 10 heavy (non-hydrogen) atoms. The molecule has 2 N–H and O–H groups in total. The van der Waals surface area contributed by atoms with E-state index in [1.165, 1.54) is 7.11 Å². The first-order valence-corrected chi connectivity index (χ1v) is 2.55. The number of hydrogen-bond acceptors (Lipinski definition) is 4. The van der Waals surface area contributed by atoms with Gasteiger partial charge >= 0.3 is 6.09 Å². The fourth-order valence-corrected chi connectivity index (χ4v) is 0.389. The Balaban J connectivity index is 3.63. The molecule has 0 aliphatic heterocycles. The second-order valence-corrected chi connectivity index (χ2v) is 1.51. The van der Waals surface area contributed by atoms with Crippen molar-refractivity contribution in [1.29, 1.82) is 5.26 Å². The van der Waals surface area contributed by atoms with Crippen molar-refractivity contribution in [2.45, 2.75) is 6.10 Å². The van der Waals surface area contributed by atoms with Crippen molar-refractivity contribution in [3.8, 4) is 6.07 Å². The largest absolute Gasteiger partial charge is 0.428 e. The lowest BCUT2D eigenvalue weighted by molar-refractivity contribution is 0.0718. The fraction of sp³-hybridized carbons (Fsp3) is 0.600. The van der Waals surface area contributed by atoms with E-state index in [4.69, 9.17) is 5.26 Å². The molecule has 0 aliphatic rings. The molecule has 0 spiro atoms. The number of nitriles is 1. The molecule has 0 heterocycles. The first-order chi connectivity index (χ1) is 4.70. The molecule has 0 bridgehead atoms. The number of primary amides is 1. The lowest BCUT2D eigenvalue weighted by Gasteiger charge is -2.05. The van der Waals surface area contributed by atoms with Crippen molar-refractivity contribution in [1.82, 2.24) is 0 Å². The van der Waals surface area contributed by atoms with Gasteiger partial charge in [-0.15, -0.1) is 0 Å². The molecule has 5 nitrogen and oxygen atoms in total. The van der Waals surface area contributed by atoms with E-state index in [0.717, 1.165) is 0 Å². The predicted octanol–water partition coefficient (Wildman–Crippen LogP) is -0.380. The maximum Gasteiger partial charge on any atom is 0.405 e. The Labute approximate surface area is 58.3 Å². The highest BCUT2D eigenvalue weighted by atomic mass is 16.6. The Hall–Kier alpha value is -1.28. The number of ether oxygens (including phenoxy) is 2. The molecule has 0 aliphatic carbocycles. The van der Waals surface area contributed by atoms with Crippen molar-refractivity contribution in [2.24, 2.45) is 5.73 Å². The highest BCUT2D eigenvalue weighted by Gasteiger charge is 2.09. The summed E-state index contributed by atoms with van der Waals surface area (Å²) >= 11 is 0. The first-order valence-electron chi connectivity index (χ1n) is 2.55. The average Bonchev–Trinajstić information content (AvgIpc) is 1.86. The SMILES string of the molecule is COCC(C#N)OC(N)=O. The molecule has 0 aromatic carbocycles. The van der Waals surface area contributed by atoms with Gasteiger partial charge in [-0.25, -0.2) is 4.79 Å². The van der Waals surface area contributed by atoms with Gasteiger partial charge in [-0.3, -0.25) is 0 Å². The third kappa shape index (κ3) is 3.69. The van der Waals surface area contributed by atoms with E-state index in [1.54, 1.807) is 6.07 Å². The molecule has 0 aromatic rings. The predicted molar refractivity (Wildman–Crippen MR) is 31.9 cm³/mol. The molecule has 0 radical (unpaired) electrons. The second kappa shape index (κ2) is 4.58. The summed E-state index contributed by atoms with van der Waals surface area (Å²) in [7, 11) is 1.40. The first kappa shape index (κ1) is 8.72. The summed E-state index contributed by atoms with van der Waals surface area (Å²) in [6.07, 6.45) is -1.87. The Morgan fingerprint density at radius 2 is 2.50 bits per heavy atom. The van der Waals surface area contributed by atoms with Crippen molar-refractivity contribution < 1.29 is 14.3 Å². The van der Waals surface area contributed by atoms with Crippen molar-refractivity contribution in [3.05, 3.63) is 0 Å². The van der Waals surface area contributed by atoms with Crippen LogP contribution in [0.25, 0.3) is 0 Å². The van der Waals surface area contributed by atoms with Gasteiger partial charge in [0.15, 0.2) is 0 Å². The molecule has 0 fully saturated rings. The lowest BCUT2D eigenvalue weighted by Crippen LogP contribution is -2.24. The van der Waals surface area contributed by atoms with E-state index >= 15 is 0 Å². The smallest absolute Gasteiger partial charge is 0.405 e. The number of rotatable bonds is 3. The van der Waals surface area contributed by atoms with E-state index in [9.17, 15) is 4.79 Å². The van der Waals surface area contributed by atoms with Crippen LogP contribution in [-0.4, -0.2) is 25.9 Å². The van der Waals surface area contributed by atoms with Crippen LogP contribution in [-0.2, 0) is 9.47 Å². The Morgan fingerprint density at radius 3 is 2.80 bits per heavy atom. The molecule has 1 amide bonds. The Bertz CT molecular complexity index is 151. The van der Waals surface area contributed by atoms with Crippen LogP contribution < -0.4 is 5.73 Å². The maximum absolute atomic E-state index is 10.0. The Kier molecular flexibility index (Phi) is 4.00. The van der Waals surface area contributed by atoms with E-state index in [0.29, 0.717) is 0 Å². The summed E-state index contributed by atoms with van der Waals surface area (Å²) in [6, 6.07) is 1.69. The maximum atomic E-state index is 10.0. The summed E-state index contributed by atoms with van der Waals surface area (Å²) in [5.41, 5.74) is 4.63. The van der Waals surface area contributed by atoms with Gasteiger partial charge < -0.3 is 15.2 Å². The number of hydrogen-bond donors (Lipinski definition) is 1. The molecule has 1 atom stereocenters. The fourth-order valence-electron chi connectivity index (χ4n) is 0.389. The molecule has 0 saturated carbocycles. The van der Waals surface area contributed by atoms with Gasteiger partial charge in [-0.05, 0) is 0 Å². The van der Waals surface area contributed by atoms with Gasteiger partial charge in [0.05, 0.1) is 6.61 Å². The average molecular weight is 144 g/mol. The van der Waals surface area contributed by atoms with Crippen LogP contribution in [0.4, 0.5) is 4.79 Å². The molecule has 0 saturated heterocycles. The zero-order valence-electron chi connectivity index (χ0n) is 5.53. The second-order valence-electron chi connectivity index (χ2n) is 1.51.